The highest BCUT2D eigenvalue weighted by Crippen LogP contribution is 2.33. The van der Waals surface area contributed by atoms with E-state index in [0.717, 1.165) is 11.6 Å². The first-order valence-electron chi connectivity index (χ1n) is 9.91. The SMILES string of the molecule is CN(Cc1ccccc1)C(=O)c1csc(-c2ccccc2OCc2cc(F)cc(F)c2)n1. The van der Waals surface area contributed by atoms with E-state index in [2.05, 4.69) is 4.98 Å². The number of amides is 1. The first kappa shape index (κ1) is 21.6. The molecule has 162 valence electrons. The smallest absolute Gasteiger partial charge is 0.273 e. The molecule has 1 amide bonds. The molecule has 1 heterocycles. The van der Waals surface area contributed by atoms with Gasteiger partial charge in [0, 0.05) is 25.0 Å². The zero-order chi connectivity index (χ0) is 22.5. The molecule has 4 aromatic rings. The highest BCUT2D eigenvalue weighted by atomic mass is 32.1. The van der Waals surface area contributed by atoms with Crippen molar-refractivity contribution in [3.63, 3.8) is 0 Å². The number of nitrogens with zero attached hydrogens (tertiary/aromatic N) is 2. The fraction of sp³-hybridized carbons (Fsp3) is 0.120. The number of halogens is 2. The molecule has 0 N–H and O–H groups in total. The first-order valence-corrected chi connectivity index (χ1v) is 10.8. The molecule has 0 atom stereocenters. The Hall–Kier alpha value is -3.58. The summed E-state index contributed by atoms with van der Waals surface area (Å²) in [5.74, 6) is -0.965. The van der Waals surface area contributed by atoms with Gasteiger partial charge in [-0.3, -0.25) is 4.79 Å². The van der Waals surface area contributed by atoms with Gasteiger partial charge in [-0.25, -0.2) is 13.8 Å². The molecule has 1 aromatic heterocycles. The number of benzene rings is 3. The summed E-state index contributed by atoms with van der Waals surface area (Å²) in [4.78, 5) is 19.0. The third kappa shape index (κ3) is 5.18. The number of para-hydroxylation sites is 1. The van der Waals surface area contributed by atoms with E-state index in [9.17, 15) is 13.6 Å². The summed E-state index contributed by atoms with van der Waals surface area (Å²) in [7, 11) is 1.74. The van der Waals surface area contributed by atoms with Gasteiger partial charge in [-0.2, -0.15) is 0 Å². The maximum Gasteiger partial charge on any atom is 0.273 e. The molecule has 0 spiro atoms. The van der Waals surface area contributed by atoms with Crippen LogP contribution >= 0.6 is 11.3 Å². The van der Waals surface area contributed by atoms with Crippen molar-refractivity contribution in [3.05, 3.63) is 107 Å². The van der Waals surface area contributed by atoms with E-state index >= 15 is 0 Å². The monoisotopic (exact) mass is 450 g/mol. The lowest BCUT2D eigenvalue weighted by Gasteiger charge is -2.15. The maximum atomic E-state index is 13.4. The molecule has 0 bridgehead atoms. The van der Waals surface area contributed by atoms with Crippen molar-refractivity contribution in [1.82, 2.24) is 9.88 Å². The summed E-state index contributed by atoms with van der Waals surface area (Å²) >= 11 is 1.34. The average Bonchev–Trinajstić information content (AvgIpc) is 3.27. The lowest BCUT2D eigenvalue weighted by atomic mass is 10.2. The highest BCUT2D eigenvalue weighted by molar-refractivity contribution is 7.13. The molecule has 32 heavy (non-hydrogen) atoms. The summed E-state index contributed by atoms with van der Waals surface area (Å²) in [5.41, 5.74) is 2.48. The first-order chi connectivity index (χ1) is 15.5. The molecule has 4 nitrogen and oxygen atoms in total. The van der Waals surface area contributed by atoms with Crippen molar-refractivity contribution in [3.8, 4) is 16.3 Å². The molecule has 0 saturated heterocycles. The Kier molecular flexibility index (Phi) is 6.56. The Morgan fingerprint density at radius 2 is 1.66 bits per heavy atom. The average molecular weight is 451 g/mol. The zero-order valence-electron chi connectivity index (χ0n) is 17.3. The van der Waals surface area contributed by atoms with Gasteiger partial charge in [0.05, 0.1) is 5.56 Å². The molecule has 0 unspecified atom stereocenters. The minimum atomic E-state index is -0.653. The Labute approximate surface area is 188 Å². The molecule has 7 heteroatoms. The number of hydrogen-bond donors (Lipinski definition) is 0. The second-order valence-corrected chi connectivity index (χ2v) is 8.11. The number of thiazole rings is 1. The Morgan fingerprint density at radius 3 is 2.41 bits per heavy atom. The van der Waals surface area contributed by atoms with Gasteiger partial charge in [-0.15, -0.1) is 11.3 Å². The number of carbonyl (C=O) groups is 1. The van der Waals surface area contributed by atoms with Gasteiger partial charge in [0.2, 0.25) is 0 Å². The quantitative estimate of drug-likeness (QED) is 0.350. The number of rotatable bonds is 7. The Bertz CT molecular complexity index is 1210. The second kappa shape index (κ2) is 9.70. The molecule has 0 aliphatic rings. The number of carbonyl (C=O) groups excluding carboxylic acids is 1. The molecule has 3 aromatic carbocycles. The van der Waals surface area contributed by atoms with Crippen LogP contribution in [-0.2, 0) is 13.2 Å². The standard InChI is InChI=1S/C25H20F2N2O2S/c1-29(14-17-7-3-2-4-8-17)25(30)22-16-32-24(28-22)21-9-5-6-10-23(21)31-15-18-11-19(26)13-20(27)12-18/h2-13,16H,14-15H2,1H3. The summed E-state index contributed by atoms with van der Waals surface area (Å²) in [6.45, 7) is 0.485. The number of hydrogen-bond acceptors (Lipinski definition) is 4. The van der Waals surface area contributed by atoms with Crippen LogP contribution in [0.15, 0.2) is 78.2 Å². The number of aromatic nitrogens is 1. The van der Waals surface area contributed by atoms with Crippen LogP contribution in [0.25, 0.3) is 10.6 Å². The van der Waals surface area contributed by atoms with Crippen molar-refractivity contribution in [2.24, 2.45) is 0 Å². The lowest BCUT2D eigenvalue weighted by Crippen LogP contribution is -2.26. The van der Waals surface area contributed by atoms with Gasteiger partial charge in [-0.1, -0.05) is 42.5 Å². The topological polar surface area (TPSA) is 42.4 Å². The fourth-order valence-electron chi connectivity index (χ4n) is 3.24. The predicted octanol–water partition coefficient (Wildman–Crippen LogP) is 5.94. The zero-order valence-corrected chi connectivity index (χ0v) is 18.1. The van der Waals surface area contributed by atoms with Crippen molar-refractivity contribution >= 4 is 17.2 Å². The van der Waals surface area contributed by atoms with Gasteiger partial charge >= 0.3 is 0 Å². The Balaban J connectivity index is 1.49. The maximum absolute atomic E-state index is 13.4. The van der Waals surface area contributed by atoms with Gasteiger partial charge in [-0.05, 0) is 35.4 Å². The van der Waals surface area contributed by atoms with Gasteiger partial charge in [0.15, 0.2) is 0 Å². The summed E-state index contributed by atoms with van der Waals surface area (Å²) in [5, 5.41) is 2.35. The van der Waals surface area contributed by atoms with Crippen LogP contribution in [0.3, 0.4) is 0 Å². The molecule has 0 saturated carbocycles. The third-order valence-electron chi connectivity index (χ3n) is 4.77. The van der Waals surface area contributed by atoms with Crippen LogP contribution in [0.1, 0.15) is 21.6 Å². The Morgan fingerprint density at radius 1 is 0.969 bits per heavy atom. The molecular weight excluding hydrogens is 430 g/mol. The minimum absolute atomic E-state index is 0.00265. The minimum Gasteiger partial charge on any atom is -0.488 e. The molecule has 0 aliphatic heterocycles. The van der Waals surface area contributed by atoms with Crippen LogP contribution in [0.5, 0.6) is 5.75 Å². The predicted molar refractivity (Wildman–Crippen MR) is 120 cm³/mol. The van der Waals surface area contributed by atoms with Gasteiger partial charge in [0.1, 0.15) is 34.7 Å². The van der Waals surface area contributed by atoms with Crippen LogP contribution in [-0.4, -0.2) is 22.8 Å². The van der Waals surface area contributed by atoms with Gasteiger partial charge < -0.3 is 9.64 Å². The molecule has 0 radical (unpaired) electrons. The molecule has 0 fully saturated rings. The van der Waals surface area contributed by atoms with E-state index in [4.69, 9.17) is 4.74 Å². The van der Waals surface area contributed by atoms with Crippen LogP contribution < -0.4 is 4.74 Å². The number of ether oxygens (including phenoxy) is 1. The molecule has 4 rings (SSSR count). The van der Waals surface area contributed by atoms with E-state index in [-0.39, 0.29) is 12.5 Å². The van der Waals surface area contributed by atoms with Crippen molar-refractivity contribution < 1.29 is 18.3 Å². The summed E-state index contributed by atoms with van der Waals surface area (Å²) in [6, 6.07) is 20.3. The largest absolute Gasteiger partial charge is 0.488 e. The van der Waals surface area contributed by atoms with Crippen LogP contribution in [0, 0.1) is 11.6 Å². The van der Waals surface area contributed by atoms with E-state index in [1.807, 2.05) is 42.5 Å². The molecule has 0 aliphatic carbocycles. The second-order valence-electron chi connectivity index (χ2n) is 7.25. The lowest BCUT2D eigenvalue weighted by molar-refractivity contribution is 0.0780. The van der Waals surface area contributed by atoms with E-state index < -0.39 is 11.6 Å². The highest BCUT2D eigenvalue weighted by Gasteiger charge is 2.18. The van der Waals surface area contributed by atoms with E-state index in [0.29, 0.717) is 34.1 Å². The van der Waals surface area contributed by atoms with Crippen LogP contribution in [0.2, 0.25) is 0 Å². The fourth-order valence-corrected chi connectivity index (χ4v) is 4.07. The van der Waals surface area contributed by atoms with E-state index in [1.165, 1.54) is 23.5 Å². The third-order valence-corrected chi connectivity index (χ3v) is 5.64. The molecular formula is C25H20F2N2O2S. The van der Waals surface area contributed by atoms with Crippen molar-refractivity contribution in [1.29, 1.82) is 0 Å². The van der Waals surface area contributed by atoms with Crippen molar-refractivity contribution in [2.45, 2.75) is 13.2 Å². The van der Waals surface area contributed by atoms with Gasteiger partial charge in [0.25, 0.3) is 5.91 Å². The summed E-state index contributed by atoms with van der Waals surface area (Å²) < 4.78 is 32.7. The normalized spacial score (nSPS) is 10.7. The summed E-state index contributed by atoms with van der Waals surface area (Å²) in [6.07, 6.45) is 0. The van der Waals surface area contributed by atoms with Crippen molar-refractivity contribution in [2.75, 3.05) is 7.05 Å². The van der Waals surface area contributed by atoms with E-state index in [1.54, 1.807) is 29.5 Å². The van der Waals surface area contributed by atoms with Crippen LogP contribution in [0.4, 0.5) is 8.78 Å².